The minimum Gasteiger partial charge on any atom is -0.481 e. The van der Waals surface area contributed by atoms with Crippen molar-refractivity contribution in [2.24, 2.45) is 11.8 Å². The maximum Gasteiger partial charge on any atom is 0.340 e. The first-order chi connectivity index (χ1) is 9.85. The molecule has 2 rings (SSSR count). The number of ether oxygens (including phenoxy) is 1. The third kappa shape index (κ3) is 3.44. The highest BCUT2D eigenvalue weighted by Gasteiger charge is 2.48. The van der Waals surface area contributed by atoms with Crippen LogP contribution in [0.3, 0.4) is 0 Å². The van der Waals surface area contributed by atoms with Gasteiger partial charge in [-0.1, -0.05) is 15.9 Å². The molecule has 2 atom stereocenters. The van der Waals surface area contributed by atoms with Crippen molar-refractivity contribution in [3.8, 4) is 0 Å². The van der Waals surface area contributed by atoms with Crippen LogP contribution in [0.2, 0.25) is 0 Å². The fourth-order valence-corrected chi connectivity index (χ4v) is 3.27. The van der Waals surface area contributed by atoms with E-state index in [-0.39, 0.29) is 11.3 Å². The molecule has 0 aromatic heterocycles. The van der Waals surface area contributed by atoms with Gasteiger partial charge in [0.15, 0.2) is 0 Å². The van der Waals surface area contributed by atoms with E-state index in [9.17, 15) is 14.4 Å². The van der Waals surface area contributed by atoms with E-state index in [1.165, 1.54) is 13.2 Å². The van der Waals surface area contributed by atoms with E-state index in [4.69, 9.17) is 5.11 Å². The van der Waals surface area contributed by atoms with Crippen molar-refractivity contribution < 1.29 is 24.2 Å². The summed E-state index contributed by atoms with van der Waals surface area (Å²) in [7, 11) is 1.24. The summed E-state index contributed by atoms with van der Waals surface area (Å²) in [4.78, 5) is 34.6. The van der Waals surface area contributed by atoms with E-state index in [2.05, 4.69) is 41.9 Å². The van der Waals surface area contributed by atoms with Crippen LogP contribution in [0, 0.1) is 11.8 Å². The Bertz CT molecular complexity index is 631. The summed E-state index contributed by atoms with van der Waals surface area (Å²) in [6.07, 6.45) is 0.308. The van der Waals surface area contributed by atoms with Gasteiger partial charge in [0.2, 0.25) is 5.91 Å². The first-order valence-electron chi connectivity index (χ1n) is 5.96. The number of amides is 1. The van der Waals surface area contributed by atoms with E-state index in [0.717, 1.165) is 0 Å². The fourth-order valence-electron chi connectivity index (χ4n) is 1.95. The molecule has 0 aliphatic heterocycles. The van der Waals surface area contributed by atoms with Gasteiger partial charge in [-0.05, 0) is 34.5 Å². The van der Waals surface area contributed by atoms with Crippen molar-refractivity contribution >= 4 is 55.4 Å². The number of anilines is 1. The summed E-state index contributed by atoms with van der Waals surface area (Å²) in [5.41, 5.74) is 0.450. The number of halogens is 2. The Morgan fingerprint density at radius 1 is 1.29 bits per heavy atom. The van der Waals surface area contributed by atoms with Crippen LogP contribution in [0.15, 0.2) is 21.1 Å². The summed E-state index contributed by atoms with van der Waals surface area (Å²) in [6.45, 7) is 0. The molecule has 1 fully saturated rings. The third-order valence-corrected chi connectivity index (χ3v) is 4.24. The van der Waals surface area contributed by atoms with E-state index >= 15 is 0 Å². The molecule has 0 saturated heterocycles. The van der Waals surface area contributed by atoms with Gasteiger partial charge in [-0.15, -0.1) is 0 Å². The summed E-state index contributed by atoms with van der Waals surface area (Å²) in [5.74, 6) is -3.23. The highest BCUT2D eigenvalue weighted by Crippen LogP contribution is 2.40. The molecule has 112 valence electrons. The van der Waals surface area contributed by atoms with E-state index in [0.29, 0.717) is 15.4 Å². The lowest BCUT2D eigenvalue weighted by Gasteiger charge is -2.12. The SMILES string of the molecule is COC(=O)c1cc(Br)cc(Br)c1NC(=O)C1CC1C(=O)O. The molecule has 2 N–H and O–H groups in total. The number of carboxylic acids is 1. The molecule has 0 radical (unpaired) electrons. The quantitative estimate of drug-likeness (QED) is 0.730. The molecule has 1 aliphatic carbocycles. The van der Waals surface area contributed by atoms with Crippen LogP contribution < -0.4 is 5.32 Å². The van der Waals surface area contributed by atoms with Gasteiger partial charge in [0.25, 0.3) is 0 Å². The fraction of sp³-hybridized carbons (Fsp3) is 0.308. The zero-order valence-electron chi connectivity index (χ0n) is 10.9. The van der Waals surface area contributed by atoms with E-state index < -0.39 is 29.7 Å². The van der Waals surface area contributed by atoms with E-state index in [1.54, 1.807) is 6.07 Å². The lowest BCUT2D eigenvalue weighted by Crippen LogP contribution is -2.19. The Labute approximate surface area is 137 Å². The maximum atomic E-state index is 12.0. The number of carboxylic acid groups (broad SMARTS) is 1. The highest BCUT2D eigenvalue weighted by molar-refractivity contribution is 9.11. The zero-order chi connectivity index (χ0) is 15.7. The predicted octanol–water partition coefficient (Wildman–Crippen LogP) is 2.66. The molecular formula is C13H11Br2NO5. The smallest absolute Gasteiger partial charge is 0.340 e. The maximum absolute atomic E-state index is 12.0. The number of carbonyl (C=O) groups excluding carboxylic acids is 2. The number of hydrogen-bond donors (Lipinski definition) is 2. The van der Waals surface area contributed by atoms with Gasteiger partial charge in [-0.3, -0.25) is 9.59 Å². The molecule has 21 heavy (non-hydrogen) atoms. The van der Waals surface area contributed by atoms with Gasteiger partial charge in [0, 0.05) is 8.95 Å². The minimum atomic E-state index is -0.988. The standard InChI is InChI=1S/C13H11Br2NO5/c1-21-13(20)8-2-5(14)3-9(15)10(8)16-11(17)6-4-7(6)12(18)19/h2-3,6-7H,4H2,1H3,(H,16,17)(H,18,19). The third-order valence-electron chi connectivity index (χ3n) is 3.15. The Balaban J connectivity index is 2.25. The molecule has 1 saturated carbocycles. The highest BCUT2D eigenvalue weighted by atomic mass is 79.9. The number of nitrogens with one attached hydrogen (secondary N) is 1. The Kier molecular flexibility index (Phi) is 4.67. The lowest BCUT2D eigenvalue weighted by atomic mass is 10.1. The van der Waals surface area contributed by atoms with Crippen molar-refractivity contribution in [2.45, 2.75) is 6.42 Å². The second kappa shape index (κ2) is 6.15. The van der Waals surface area contributed by atoms with Crippen LogP contribution in [-0.2, 0) is 14.3 Å². The normalized spacial score (nSPS) is 19.8. The second-order valence-electron chi connectivity index (χ2n) is 4.58. The molecule has 0 bridgehead atoms. The topological polar surface area (TPSA) is 92.7 Å². The van der Waals surface area contributed by atoms with Gasteiger partial charge in [-0.2, -0.15) is 0 Å². The summed E-state index contributed by atoms with van der Waals surface area (Å²) >= 11 is 6.52. The summed E-state index contributed by atoms with van der Waals surface area (Å²) in [6, 6.07) is 3.19. The van der Waals surface area contributed by atoms with Crippen molar-refractivity contribution in [3.63, 3.8) is 0 Å². The van der Waals surface area contributed by atoms with Crippen molar-refractivity contribution in [3.05, 3.63) is 26.6 Å². The first kappa shape index (κ1) is 16.0. The van der Waals surface area contributed by atoms with Crippen LogP contribution in [0.1, 0.15) is 16.8 Å². The van der Waals surface area contributed by atoms with Gasteiger partial charge in [0.05, 0.1) is 30.2 Å². The molecule has 1 amide bonds. The molecule has 8 heteroatoms. The molecule has 2 unspecified atom stereocenters. The molecule has 1 aromatic carbocycles. The molecular weight excluding hydrogens is 410 g/mol. The van der Waals surface area contributed by atoms with Crippen molar-refractivity contribution in [1.29, 1.82) is 0 Å². The second-order valence-corrected chi connectivity index (χ2v) is 6.35. The number of esters is 1. The minimum absolute atomic E-state index is 0.180. The van der Waals surface area contributed by atoms with Crippen LogP contribution in [0.25, 0.3) is 0 Å². The zero-order valence-corrected chi connectivity index (χ0v) is 14.0. The number of rotatable bonds is 4. The average Bonchev–Trinajstić information content (AvgIpc) is 3.20. The lowest BCUT2D eigenvalue weighted by molar-refractivity contribution is -0.139. The number of hydrogen-bond acceptors (Lipinski definition) is 4. The molecule has 0 heterocycles. The first-order valence-corrected chi connectivity index (χ1v) is 7.54. The van der Waals surface area contributed by atoms with Crippen LogP contribution in [-0.4, -0.2) is 30.1 Å². The largest absolute Gasteiger partial charge is 0.481 e. The van der Waals surface area contributed by atoms with Crippen LogP contribution >= 0.6 is 31.9 Å². The van der Waals surface area contributed by atoms with Crippen LogP contribution in [0.4, 0.5) is 5.69 Å². The number of benzene rings is 1. The molecule has 6 nitrogen and oxygen atoms in total. The molecule has 0 spiro atoms. The summed E-state index contributed by atoms with van der Waals surface area (Å²) < 4.78 is 5.82. The molecule has 1 aliphatic rings. The van der Waals surface area contributed by atoms with Gasteiger partial charge in [-0.25, -0.2) is 4.79 Å². The average molecular weight is 421 g/mol. The number of carbonyl (C=O) groups is 3. The Morgan fingerprint density at radius 2 is 1.95 bits per heavy atom. The van der Waals surface area contributed by atoms with Gasteiger partial charge >= 0.3 is 11.9 Å². The van der Waals surface area contributed by atoms with Crippen molar-refractivity contribution in [2.75, 3.05) is 12.4 Å². The predicted molar refractivity (Wildman–Crippen MR) is 81.0 cm³/mol. The monoisotopic (exact) mass is 419 g/mol. The van der Waals surface area contributed by atoms with Crippen molar-refractivity contribution in [1.82, 2.24) is 0 Å². The number of methoxy groups -OCH3 is 1. The number of aliphatic carboxylic acids is 1. The van der Waals surface area contributed by atoms with Gasteiger partial charge < -0.3 is 15.2 Å². The Hall–Kier alpha value is -1.41. The van der Waals surface area contributed by atoms with Gasteiger partial charge in [0.1, 0.15) is 0 Å². The Morgan fingerprint density at radius 3 is 2.48 bits per heavy atom. The van der Waals surface area contributed by atoms with E-state index in [1.807, 2.05) is 0 Å². The summed E-state index contributed by atoms with van der Waals surface area (Å²) in [5, 5.41) is 11.4. The van der Waals surface area contributed by atoms with Crippen LogP contribution in [0.5, 0.6) is 0 Å². The molecule has 1 aromatic rings.